The van der Waals surface area contributed by atoms with Crippen LogP contribution in [0.2, 0.25) is 5.02 Å². The fourth-order valence-corrected chi connectivity index (χ4v) is 6.88. The number of nitrogens with two attached hydrogens (primary N) is 1. The average molecular weight is 687 g/mol. The van der Waals surface area contributed by atoms with Gasteiger partial charge in [0, 0.05) is 37.6 Å². The Labute approximate surface area is 282 Å². The lowest BCUT2D eigenvalue weighted by Crippen LogP contribution is -2.56. The van der Waals surface area contributed by atoms with Crippen molar-refractivity contribution in [3.8, 4) is 12.1 Å². The molecule has 1 amide bonds. The lowest BCUT2D eigenvalue weighted by atomic mass is 9.69. The van der Waals surface area contributed by atoms with Gasteiger partial charge >= 0.3 is 12.1 Å². The minimum Gasteiger partial charge on any atom is -0.481 e. The number of nitrogens with one attached hydrogen (secondary N) is 3. The number of nitriles is 2. The predicted molar refractivity (Wildman–Crippen MR) is 177 cm³/mol. The summed E-state index contributed by atoms with van der Waals surface area (Å²) in [7, 11) is 1.27. The number of carboxylic acid groups (broad SMARTS) is 1. The Bertz CT molecular complexity index is 1700. The number of amides is 1. The van der Waals surface area contributed by atoms with E-state index < -0.39 is 29.9 Å². The lowest BCUT2D eigenvalue weighted by Gasteiger charge is -2.45. The molecule has 5 rings (SSSR count). The molecule has 3 atom stereocenters. The van der Waals surface area contributed by atoms with Crippen molar-refractivity contribution < 1.29 is 19.4 Å². The van der Waals surface area contributed by atoms with E-state index in [1.165, 1.54) is 17.8 Å². The largest absolute Gasteiger partial charge is 0.481 e. The number of imidazole rings is 1. The van der Waals surface area contributed by atoms with Gasteiger partial charge in [-0.05, 0) is 57.1 Å². The number of aliphatic carboxylic acids is 1. The first kappa shape index (κ1) is 35.3. The van der Waals surface area contributed by atoms with Crippen molar-refractivity contribution in [2.24, 2.45) is 23.5 Å². The highest BCUT2D eigenvalue weighted by Gasteiger charge is 2.44. The molecule has 1 saturated carbocycles. The highest BCUT2D eigenvalue weighted by atomic mass is 35.5. The third-order valence-electron chi connectivity index (χ3n) is 8.81. The van der Waals surface area contributed by atoms with Crippen LogP contribution in [-0.2, 0) is 9.53 Å². The number of carboxylic acids is 1. The molecule has 1 aromatic carbocycles. The van der Waals surface area contributed by atoms with E-state index in [1.807, 2.05) is 11.8 Å². The van der Waals surface area contributed by atoms with Crippen molar-refractivity contribution in [3.63, 3.8) is 0 Å². The van der Waals surface area contributed by atoms with E-state index in [0.717, 1.165) is 12.8 Å². The zero-order valence-electron chi connectivity index (χ0n) is 25.9. The second-order valence-corrected chi connectivity index (χ2v) is 12.0. The number of anilines is 4. The van der Waals surface area contributed by atoms with Gasteiger partial charge in [-0.2, -0.15) is 20.0 Å². The van der Waals surface area contributed by atoms with Crippen molar-refractivity contribution in [1.82, 2.24) is 24.9 Å². The normalized spacial score (nSPS) is 21.4. The van der Waals surface area contributed by atoms with Gasteiger partial charge in [0.2, 0.25) is 5.95 Å². The summed E-state index contributed by atoms with van der Waals surface area (Å²) < 4.78 is 6.23. The van der Waals surface area contributed by atoms with Gasteiger partial charge in [0.1, 0.15) is 6.07 Å². The maximum atomic E-state index is 12.8. The van der Waals surface area contributed by atoms with Crippen LogP contribution in [0.1, 0.15) is 50.3 Å². The van der Waals surface area contributed by atoms with Crippen molar-refractivity contribution in [1.29, 1.82) is 10.5 Å². The fourth-order valence-electron chi connectivity index (χ4n) is 6.60. The molecule has 6 N–H and O–H groups in total. The number of nitrogens with zero attached hydrogens (tertiary/aromatic N) is 7. The van der Waals surface area contributed by atoms with Gasteiger partial charge in [-0.15, -0.1) is 17.5 Å². The van der Waals surface area contributed by atoms with Crippen LogP contribution in [0.3, 0.4) is 0 Å². The average Bonchev–Trinajstić information content (AvgIpc) is 3.47. The summed E-state index contributed by atoms with van der Waals surface area (Å²) in [4.78, 5) is 35.8. The van der Waals surface area contributed by atoms with Crippen LogP contribution in [0.5, 0.6) is 0 Å². The highest BCUT2D eigenvalue weighted by Crippen LogP contribution is 2.42. The number of carbonyl (C=O) groups is 2. The van der Waals surface area contributed by atoms with E-state index in [1.54, 1.807) is 12.1 Å². The fraction of sp³-hybridized carbons (Fsp3) is 0.500. The molecule has 1 unspecified atom stereocenters. The molecule has 1 saturated heterocycles. The van der Waals surface area contributed by atoms with E-state index in [9.17, 15) is 25.2 Å². The number of halogens is 2. The van der Waals surface area contributed by atoms with Gasteiger partial charge in [0.15, 0.2) is 17.2 Å². The Morgan fingerprint density at radius 2 is 1.96 bits per heavy atom. The molecule has 1 aliphatic heterocycles. The summed E-state index contributed by atoms with van der Waals surface area (Å²) in [6, 6.07) is 7.05. The summed E-state index contributed by atoms with van der Waals surface area (Å²) in [6.07, 6.45) is 4.05. The molecule has 15 nitrogen and oxygen atoms in total. The van der Waals surface area contributed by atoms with Gasteiger partial charge in [-0.25, -0.2) is 9.78 Å². The molecule has 2 aliphatic rings. The Morgan fingerprint density at radius 3 is 2.60 bits per heavy atom. The van der Waals surface area contributed by atoms with Crippen molar-refractivity contribution in [2.75, 3.05) is 42.3 Å². The summed E-state index contributed by atoms with van der Waals surface area (Å²) in [5.41, 5.74) is 7.88. The standard InChI is InChI=1S/C30H36ClN11O4.ClH/c1-3-35-26-27-36-14-19(13-33)42(27)40-29(39-26)37-22-10-16(12-32)11-23(25(22)31)41-9-8-21(38-30(45)46-2)20(15-41)24(28(43)44)17-4-6-18(34)7-5-17;/h10-11,14,17-18,20-21,24H,3-9,15,34H2,1-2H3,(H,38,45)(H,43,44)(H2,35,37,39,40);1H/t17?,18?,20-,21-,24?;/m1./s1. The number of rotatable bonds is 9. The van der Waals surface area contributed by atoms with Crippen molar-refractivity contribution in [2.45, 2.75) is 51.1 Å². The lowest BCUT2D eigenvalue weighted by molar-refractivity contribution is -0.147. The maximum Gasteiger partial charge on any atom is 0.407 e. The van der Waals surface area contributed by atoms with Crippen LogP contribution in [0.25, 0.3) is 5.65 Å². The second-order valence-electron chi connectivity index (χ2n) is 11.6. The molecule has 250 valence electrons. The van der Waals surface area contributed by atoms with E-state index in [2.05, 4.69) is 43.2 Å². The van der Waals surface area contributed by atoms with Crippen LogP contribution < -0.4 is 26.6 Å². The SMILES string of the molecule is CCNc1nc(Nc2cc(C#N)cc(N3CC[C@@H](NC(=O)OC)[C@H](C(C(=O)O)C4CCC(N)CC4)C3)c2Cl)nn2c(C#N)cnc12.Cl. The van der Waals surface area contributed by atoms with E-state index in [4.69, 9.17) is 22.1 Å². The zero-order valence-corrected chi connectivity index (χ0v) is 27.5. The Balaban J connectivity index is 0.00000500. The first-order chi connectivity index (χ1) is 22.2. The molecule has 0 bridgehead atoms. The van der Waals surface area contributed by atoms with Gasteiger partial charge < -0.3 is 36.4 Å². The number of benzene rings is 1. The summed E-state index contributed by atoms with van der Waals surface area (Å²) in [5, 5.41) is 43.8. The van der Waals surface area contributed by atoms with Gasteiger partial charge in [0.05, 0.1) is 47.3 Å². The molecule has 0 spiro atoms. The Morgan fingerprint density at radius 1 is 1.21 bits per heavy atom. The first-order valence-electron chi connectivity index (χ1n) is 15.2. The number of fused-ring (bicyclic) bond motifs is 1. The molecular weight excluding hydrogens is 649 g/mol. The topological polar surface area (TPSA) is 220 Å². The van der Waals surface area contributed by atoms with Gasteiger partial charge in [0.25, 0.3) is 0 Å². The third-order valence-corrected chi connectivity index (χ3v) is 9.21. The second kappa shape index (κ2) is 15.3. The molecule has 2 fully saturated rings. The number of methoxy groups -OCH3 is 1. The predicted octanol–water partition coefficient (Wildman–Crippen LogP) is 3.89. The molecule has 3 heterocycles. The summed E-state index contributed by atoms with van der Waals surface area (Å²) in [5.74, 6) is -1.75. The maximum absolute atomic E-state index is 12.8. The van der Waals surface area contributed by atoms with Crippen molar-refractivity contribution >= 4 is 64.9 Å². The number of ether oxygens (including phenoxy) is 1. The van der Waals surface area contributed by atoms with Crippen LogP contribution in [-0.4, -0.2) is 75.6 Å². The number of hydrogen-bond donors (Lipinski definition) is 5. The van der Waals surface area contributed by atoms with Crippen LogP contribution in [0.15, 0.2) is 18.3 Å². The quantitative estimate of drug-likeness (QED) is 0.216. The number of carbonyl (C=O) groups excluding carboxylic acids is 1. The Hall–Kier alpha value is -4.57. The molecule has 0 radical (unpaired) electrons. The van der Waals surface area contributed by atoms with Crippen LogP contribution in [0, 0.1) is 40.4 Å². The minimum absolute atomic E-state index is 0. The monoisotopic (exact) mass is 685 g/mol. The van der Waals surface area contributed by atoms with E-state index >= 15 is 0 Å². The molecule has 1 aliphatic carbocycles. The summed E-state index contributed by atoms with van der Waals surface area (Å²) in [6.45, 7) is 3.13. The Kier molecular flexibility index (Phi) is 11.5. The molecule has 47 heavy (non-hydrogen) atoms. The summed E-state index contributed by atoms with van der Waals surface area (Å²) >= 11 is 7.00. The first-order valence-corrected chi connectivity index (χ1v) is 15.5. The molecule has 2 aromatic heterocycles. The molecule has 3 aromatic rings. The smallest absolute Gasteiger partial charge is 0.407 e. The molecule has 17 heteroatoms. The number of alkyl carbamates (subject to hydrolysis) is 1. The highest BCUT2D eigenvalue weighted by molar-refractivity contribution is 6.36. The molecular formula is C30H37Cl2N11O4. The van der Waals surface area contributed by atoms with E-state index in [0.29, 0.717) is 60.8 Å². The zero-order chi connectivity index (χ0) is 33.0. The number of piperidine rings is 1. The number of aromatic nitrogens is 4. The van der Waals surface area contributed by atoms with Crippen LogP contribution >= 0.6 is 24.0 Å². The minimum atomic E-state index is -0.927. The number of hydrogen-bond acceptors (Lipinski definition) is 12. The van der Waals surface area contributed by atoms with E-state index in [-0.39, 0.29) is 47.6 Å². The van der Waals surface area contributed by atoms with Crippen LogP contribution in [0.4, 0.5) is 27.9 Å². The van der Waals surface area contributed by atoms with Gasteiger partial charge in [-0.3, -0.25) is 4.79 Å². The third kappa shape index (κ3) is 7.54. The van der Waals surface area contributed by atoms with Crippen molar-refractivity contribution in [3.05, 3.63) is 34.6 Å². The van der Waals surface area contributed by atoms with Gasteiger partial charge in [-0.1, -0.05) is 11.6 Å².